The summed E-state index contributed by atoms with van der Waals surface area (Å²) in [6.07, 6.45) is 3.67. The summed E-state index contributed by atoms with van der Waals surface area (Å²) in [4.78, 5) is 4.10. The van der Waals surface area contributed by atoms with Crippen LogP contribution < -0.4 is 5.73 Å². The van der Waals surface area contributed by atoms with E-state index in [1.165, 1.54) is 5.39 Å². The third-order valence-electron chi connectivity index (χ3n) is 2.38. The largest absolute Gasteiger partial charge is 0.322 e. The fraction of sp³-hybridized carbons (Fsp3) is 0.250. The van der Waals surface area contributed by atoms with Crippen molar-refractivity contribution in [2.75, 3.05) is 0 Å². The topological polar surface area (TPSA) is 38.9 Å². The molecule has 0 bridgehead atoms. The summed E-state index contributed by atoms with van der Waals surface area (Å²) in [5.74, 6) is 0. The lowest BCUT2D eigenvalue weighted by Gasteiger charge is -2.19. The zero-order chi connectivity index (χ0) is 10.2. The molecule has 2 N–H and O–H groups in total. The van der Waals surface area contributed by atoms with Gasteiger partial charge in [-0.2, -0.15) is 0 Å². The van der Waals surface area contributed by atoms with Crippen molar-refractivity contribution >= 4 is 23.2 Å². The molecule has 0 amide bonds. The van der Waals surface area contributed by atoms with Gasteiger partial charge in [0, 0.05) is 23.3 Å². The van der Waals surface area contributed by atoms with Crippen molar-refractivity contribution in [1.29, 1.82) is 0 Å². The van der Waals surface area contributed by atoms with E-state index in [9.17, 15) is 0 Å². The summed E-state index contributed by atoms with van der Waals surface area (Å²) in [6.45, 7) is 4.01. The molecule has 0 unspecified atom stereocenters. The fourth-order valence-corrected chi connectivity index (χ4v) is 1.49. The number of hydrogen-bond donors (Lipinski definition) is 1. The van der Waals surface area contributed by atoms with Gasteiger partial charge in [-0.1, -0.05) is 12.1 Å². The van der Waals surface area contributed by atoms with Crippen LogP contribution in [0.15, 0.2) is 36.7 Å². The molecule has 2 nitrogen and oxygen atoms in total. The van der Waals surface area contributed by atoms with Crippen molar-refractivity contribution < 1.29 is 0 Å². The van der Waals surface area contributed by atoms with Gasteiger partial charge in [0.2, 0.25) is 0 Å². The van der Waals surface area contributed by atoms with Gasteiger partial charge in [0.15, 0.2) is 0 Å². The maximum absolute atomic E-state index is 6.03. The van der Waals surface area contributed by atoms with Crippen LogP contribution in [0.5, 0.6) is 0 Å². The van der Waals surface area contributed by atoms with Crippen LogP contribution in [0.25, 0.3) is 10.8 Å². The molecule has 1 aromatic heterocycles. The Kier molecular flexibility index (Phi) is 3.32. The maximum Gasteiger partial charge on any atom is 0.0352 e. The Balaban J connectivity index is 0.00000112. The smallest absolute Gasteiger partial charge is 0.0352 e. The molecule has 0 aliphatic heterocycles. The number of pyridine rings is 1. The fourth-order valence-electron chi connectivity index (χ4n) is 1.49. The number of nitrogens with two attached hydrogens (primary N) is 1. The van der Waals surface area contributed by atoms with Crippen molar-refractivity contribution in [1.82, 2.24) is 4.98 Å². The zero-order valence-electron chi connectivity index (χ0n) is 8.90. The van der Waals surface area contributed by atoms with Gasteiger partial charge in [0.1, 0.15) is 0 Å². The first kappa shape index (κ1) is 12.0. The van der Waals surface area contributed by atoms with Gasteiger partial charge in [0.25, 0.3) is 0 Å². The molecule has 0 spiro atoms. The van der Waals surface area contributed by atoms with Gasteiger partial charge in [0.05, 0.1) is 0 Å². The molecular weight excluding hydrogens is 208 g/mol. The maximum atomic E-state index is 6.03. The highest BCUT2D eigenvalue weighted by molar-refractivity contribution is 5.85. The molecular formula is C12H15ClN2. The van der Waals surface area contributed by atoms with Crippen molar-refractivity contribution in [3.8, 4) is 0 Å². The SMILES string of the molecule is CC(C)(N)c1ccc2ccncc2c1.Cl. The third-order valence-corrected chi connectivity index (χ3v) is 2.38. The summed E-state index contributed by atoms with van der Waals surface area (Å²) < 4.78 is 0. The lowest BCUT2D eigenvalue weighted by molar-refractivity contribution is 0.555. The van der Waals surface area contributed by atoms with E-state index in [-0.39, 0.29) is 17.9 Å². The standard InChI is InChI=1S/C12H14N2.ClH/c1-12(2,13)11-4-3-9-5-6-14-8-10(9)7-11;/h3-8H,13H2,1-2H3;1H. The van der Waals surface area contributed by atoms with Crippen molar-refractivity contribution in [3.05, 3.63) is 42.2 Å². The van der Waals surface area contributed by atoms with Crippen LogP contribution in [0.1, 0.15) is 19.4 Å². The molecule has 0 aliphatic carbocycles. The first-order valence-corrected chi connectivity index (χ1v) is 4.70. The number of benzene rings is 1. The van der Waals surface area contributed by atoms with Crippen LogP contribution in [0.4, 0.5) is 0 Å². The number of hydrogen-bond acceptors (Lipinski definition) is 2. The monoisotopic (exact) mass is 222 g/mol. The van der Waals surface area contributed by atoms with E-state index in [1.807, 2.05) is 26.1 Å². The van der Waals surface area contributed by atoms with Crippen molar-refractivity contribution in [2.45, 2.75) is 19.4 Å². The Labute approximate surface area is 95.9 Å². The summed E-state index contributed by atoms with van der Waals surface area (Å²) in [7, 11) is 0. The molecule has 15 heavy (non-hydrogen) atoms. The van der Waals surface area contributed by atoms with Gasteiger partial charge >= 0.3 is 0 Å². The van der Waals surface area contributed by atoms with Gasteiger partial charge in [-0.15, -0.1) is 12.4 Å². The average molecular weight is 223 g/mol. The quantitative estimate of drug-likeness (QED) is 0.806. The molecule has 1 aromatic carbocycles. The van der Waals surface area contributed by atoms with Crippen LogP contribution in [-0.2, 0) is 5.54 Å². The Bertz CT molecular complexity index is 460. The van der Waals surface area contributed by atoms with E-state index >= 15 is 0 Å². The van der Waals surface area contributed by atoms with Crippen LogP contribution in [-0.4, -0.2) is 4.98 Å². The van der Waals surface area contributed by atoms with Gasteiger partial charge < -0.3 is 5.73 Å². The van der Waals surface area contributed by atoms with Crippen LogP contribution >= 0.6 is 12.4 Å². The van der Waals surface area contributed by atoms with Crippen molar-refractivity contribution in [2.24, 2.45) is 5.73 Å². The summed E-state index contributed by atoms with van der Waals surface area (Å²) in [5, 5.41) is 2.34. The number of halogens is 1. The van der Waals surface area contributed by atoms with Crippen molar-refractivity contribution in [3.63, 3.8) is 0 Å². The molecule has 0 atom stereocenters. The molecule has 0 radical (unpaired) electrons. The number of aromatic nitrogens is 1. The Morgan fingerprint density at radius 2 is 1.87 bits per heavy atom. The molecule has 2 aromatic rings. The predicted molar refractivity (Wildman–Crippen MR) is 66.2 cm³/mol. The number of fused-ring (bicyclic) bond motifs is 1. The molecule has 0 fully saturated rings. The second kappa shape index (κ2) is 4.17. The number of rotatable bonds is 1. The van der Waals surface area contributed by atoms with Gasteiger partial charge in [-0.05, 0) is 36.9 Å². The lowest BCUT2D eigenvalue weighted by Crippen LogP contribution is -2.28. The second-order valence-electron chi connectivity index (χ2n) is 4.16. The molecule has 0 saturated carbocycles. The second-order valence-corrected chi connectivity index (χ2v) is 4.16. The Morgan fingerprint density at radius 1 is 1.13 bits per heavy atom. The van der Waals surface area contributed by atoms with E-state index in [1.54, 1.807) is 6.20 Å². The summed E-state index contributed by atoms with van der Waals surface area (Å²) in [6, 6.07) is 8.26. The van der Waals surface area contributed by atoms with Crippen LogP contribution in [0.3, 0.4) is 0 Å². The molecule has 1 heterocycles. The molecule has 0 saturated heterocycles. The highest BCUT2D eigenvalue weighted by atomic mass is 35.5. The summed E-state index contributed by atoms with van der Waals surface area (Å²) >= 11 is 0. The van der Waals surface area contributed by atoms with Crippen LogP contribution in [0.2, 0.25) is 0 Å². The first-order chi connectivity index (χ1) is 6.57. The Hall–Kier alpha value is -1.12. The molecule has 3 heteroatoms. The van der Waals surface area contributed by atoms with E-state index in [0.717, 1.165) is 10.9 Å². The van der Waals surface area contributed by atoms with E-state index in [4.69, 9.17) is 5.73 Å². The summed E-state index contributed by atoms with van der Waals surface area (Å²) in [5.41, 5.74) is 6.88. The van der Waals surface area contributed by atoms with E-state index < -0.39 is 0 Å². The first-order valence-electron chi connectivity index (χ1n) is 4.70. The Morgan fingerprint density at radius 3 is 2.53 bits per heavy atom. The zero-order valence-corrected chi connectivity index (χ0v) is 9.71. The molecule has 0 aliphatic rings. The normalized spacial score (nSPS) is 11.1. The highest BCUT2D eigenvalue weighted by Gasteiger charge is 2.13. The van der Waals surface area contributed by atoms with Gasteiger partial charge in [-0.3, -0.25) is 4.98 Å². The molecule has 80 valence electrons. The predicted octanol–water partition coefficient (Wildman–Crippen LogP) is 2.85. The van der Waals surface area contributed by atoms with Crippen LogP contribution in [0, 0.1) is 0 Å². The minimum Gasteiger partial charge on any atom is -0.322 e. The van der Waals surface area contributed by atoms with Gasteiger partial charge in [-0.25, -0.2) is 0 Å². The van der Waals surface area contributed by atoms with E-state index in [2.05, 4.69) is 23.2 Å². The lowest BCUT2D eigenvalue weighted by atomic mass is 9.94. The average Bonchev–Trinajstić information content (AvgIpc) is 2.16. The van der Waals surface area contributed by atoms with E-state index in [0.29, 0.717) is 0 Å². The highest BCUT2D eigenvalue weighted by Crippen LogP contribution is 2.21. The third kappa shape index (κ3) is 2.46. The minimum atomic E-state index is -0.288. The molecule has 2 rings (SSSR count). The number of nitrogens with zero attached hydrogens (tertiary/aromatic N) is 1. The minimum absolute atomic E-state index is 0.